The normalized spacial score (nSPS) is 10.8. The Bertz CT molecular complexity index is 406. The number of aromatic nitrogens is 2. The Balaban J connectivity index is 2.69. The van der Waals surface area contributed by atoms with E-state index in [0.29, 0.717) is 5.02 Å². The van der Waals surface area contributed by atoms with Crippen molar-refractivity contribution in [3.05, 3.63) is 29.0 Å². The molecule has 1 N–H and O–H groups in total. The van der Waals surface area contributed by atoms with Gasteiger partial charge in [-0.2, -0.15) is 0 Å². The second-order valence-corrected chi connectivity index (χ2v) is 3.14. The van der Waals surface area contributed by atoms with E-state index in [0.717, 1.165) is 17.5 Å². The zero-order valence-electron chi connectivity index (χ0n) is 6.76. The van der Waals surface area contributed by atoms with Crippen LogP contribution in [0.4, 0.5) is 0 Å². The van der Waals surface area contributed by atoms with Crippen LogP contribution in [0, 0.1) is 0 Å². The van der Waals surface area contributed by atoms with Gasteiger partial charge in [0, 0.05) is 12.4 Å². The third-order valence-electron chi connectivity index (χ3n) is 1.93. The van der Waals surface area contributed by atoms with Crippen LogP contribution in [0.3, 0.4) is 0 Å². The van der Waals surface area contributed by atoms with E-state index in [1.807, 2.05) is 6.20 Å². The number of aryl methyl sites for hydroxylation is 1. The molecule has 0 fully saturated rings. The second kappa shape index (κ2) is 2.79. The van der Waals surface area contributed by atoms with Gasteiger partial charge in [0.2, 0.25) is 0 Å². The predicted octanol–water partition coefficient (Wildman–Crippen LogP) is 2.78. The molecule has 0 radical (unpaired) electrons. The van der Waals surface area contributed by atoms with E-state index in [1.54, 1.807) is 6.20 Å². The molecule has 0 atom stereocenters. The second-order valence-electron chi connectivity index (χ2n) is 2.73. The number of nitrogens with one attached hydrogen (secondary N) is 1. The van der Waals surface area contributed by atoms with Gasteiger partial charge in [0.05, 0.1) is 10.5 Å². The van der Waals surface area contributed by atoms with Crippen LogP contribution in [0.25, 0.3) is 11.0 Å². The highest BCUT2D eigenvalue weighted by Gasteiger charge is 2.01. The Labute approximate surface area is 75.6 Å². The molecule has 0 aliphatic carbocycles. The number of halogens is 1. The van der Waals surface area contributed by atoms with Crippen molar-refractivity contribution >= 4 is 22.6 Å². The van der Waals surface area contributed by atoms with Crippen LogP contribution in [0.5, 0.6) is 0 Å². The molecule has 0 aliphatic heterocycles. The SMILES string of the molecule is CCc1cnc2c(Cl)c[nH]c2c1. The van der Waals surface area contributed by atoms with Gasteiger partial charge in [0.1, 0.15) is 5.52 Å². The van der Waals surface area contributed by atoms with Gasteiger partial charge in [-0.25, -0.2) is 0 Å². The predicted molar refractivity (Wildman–Crippen MR) is 50.5 cm³/mol. The third-order valence-corrected chi connectivity index (χ3v) is 2.22. The Morgan fingerprint density at radius 1 is 1.58 bits per heavy atom. The summed E-state index contributed by atoms with van der Waals surface area (Å²) in [7, 11) is 0. The lowest BCUT2D eigenvalue weighted by Crippen LogP contribution is -1.82. The van der Waals surface area contributed by atoms with Crippen molar-refractivity contribution in [1.29, 1.82) is 0 Å². The van der Waals surface area contributed by atoms with Crippen LogP contribution >= 0.6 is 11.6 Å². The number of hydrogen-bond donors (Lipinski definition) is 1. The number of aromatic amines is 1. The maximum atomic E-state index is 5.87. The van der Waals surface area contributed by atoms with Crippen molar-refractivity contribution in [3.63, 3.8) is 0 Å². The summed E-state index contributed by atoms with van der Waals surface area (Å²) in [6.45, 7) is 2.10. The zero-order chi connectivity index (χ0) is 8.55. The van der Waals surface area contributed by atoms with Crippen molar-refractivity contribution in [2.75, 3.05) is 0 Å². The standard InChI is InChI=1S/C9H9ClN2/c1-2-6-3-8-9(12-4-6)7(10)5-11-8/h3-5,11H,2H2,1H3. The summed E-state index contributed by atoms with van der Waals surface area (Å²) in [4.78, 5) is 7.32. The van der Waals surface area contributed by atoms with Gasteiger partial charge in [-0.05, 0) is 18.1 Å². The molecular weight excluding hydrogens is 172 g/mol. The lowest BCUT2D eigenvalue weighted by Gasteiger charge is -1.94. The quantitative estimate of drug-likeness (QED) is 0.719. The van der Waals surface area contributed by atoms with Gasteiger partial charge in [-0.3, -0.25) is 4.98 Å². The minimum atomic E-state index is 0.688. The van der Waals surface area contributed by atoms with Gasteiger partial charge in [0.15, 0.2) is 0 Å². The van der Waals surface area contributed by atoms with Crippen LogP contribution in [0.2, 0.25) is 5.02 Å². The monoisotopic (exact) mass is 180 g/mol. The highest BCUT2D eigenvalue weighted by Crippen LogP contribution is 2.20. The van der Waals surface area contributed by atoms with Crippen molar-refractivity contribution in [2.24, 2.45) is 0 Å². The molecule has 12 heavy (non-hydrogen) atoms. The van der Waals surface area contributed by atoms with Crippen LogP contribution < -0.4 is 0 Å². The third kappa shape index (κ3) is 1.08. The molecule has 0 saturated carbocycles. The van der Waals surface area contributed by atoms with Gasteiger partial charge in [-0.1, -0.05) is 18.5 Å². The molecular formula is C9H9ClN2. The molecule has 2 aromatic heterocycles. The van der Waals surface area contributed by atoms with Crippen LogP contribution in [0.15, 0.2) is 18.5 Å². The Hall–Kier alpha value is -1.02. The summed E-state index contributed by atoms with van der Waals surface area (Å²) >= 11 is 5.87. The minimum Gasteiger partial charge on any atom is -0.358 e. The van der Waals surface area contributed by atoms with E-state index >= 15 is 0 Å². The molecule has 0 spiro atoms. The van der Waals surface area contributed by atoms with Crippen molar-refractivity contribution in [1.82, 2.24) is 9.97 Å². The first-order chi connectivity index (χ1) is 5.81. The van der Waals surface area contributed by atoms with E-state index in [2.05, 4.69) is 23.0 Å². The number of pyridine rings is 1. The Kier molecular flexibility index (Phi) is 1.77. The summed E-state index contributed by atoms with van der Waals surface area (Å²) in [6.07, 6.45) is 4.63. The Morgan fingerprint density at radius 2 is 2.42 bits per heavy atom. The summed E-state index contributed by atoms with van der Waals surface area (Å²) in [6, 6.07) is 2.08. The zero-order valence-corrected chi connectivity index (χ0v) is 7.52. The molecule has 0 unspecified atom stereocenters. The summed E-state index contributed by atoms with van der Waals surface area (Å²) in [5, 5.41) is 0.688. The summed E-state index contributed by atoms with van der Waals surface area (Å²) in [5.41, 5.74) is 3.09. The number of rotatable bonds is 1. The lowest BCUT2D eigenvalue weighted by molar-refractivity contribution is 1.12. The fraction of sp³-hybridized carbons (Fsp3) is 0.222. The van der Waals surface area contributed by atoms with Crippen LogP contribution in [0.1, 0.15) is 12.5 Å². The topological polar surface area (TPSA) is 28.7 Å². The number of H-pyrrole nitrogens is 1. The molecule has 0 amide bonds. The van der Waals surface area contributed by atoms with Crippen LogP contribution in [-0.2, 0) is 6.42 Å². The molecule has 0 aliphatic rings. The van der Waals surface area contributed by atoms with E-state index in [9.17, 15) is 0 Å². The molecule has 0 aromatic carbocycles. The van der Waals surface area contributed by atoms with Gasteiger partial charge in [0.25, 0.3) is 0 Å². The van der Waals surface area contributed by atoms with Gasteiger partial charge < -0.3 is 4.98 Å². The highest BCUT2D eigenvalue weighted by molar-refractivity contribution is 6.35. The van der Waals surface area contributed by atoms with Crippen molar-refractivity contribution in [2.45, 2.75) is 13.3 Å². The maximum Gasteiger partial charge on any atom is 0.106 e. The first kappa shape index (κ1) is 7.62. The first-order valence-corrected chi connectivity index (χ1v) is 4.30. The minimum absolute atomic E-state index is 0.688. The number of nitrogens with zero attached hydrogens (tertiary/aromatic N) is 1. The molecule has 2 heterocycles. The number of fused-ring (bicyclic) bond motifs is 1. The molecule has 2 nitrogen and oxygen atoms in total. The molecule has 2 rings (SSSR count). The van der Waals surface area contributed by atoms with Crippen molar-refractivity contribution in [3.8, 4) is 0 Å². The fourth-order valence-electron chi connectivity index (χ4n) is 1.21. The molecule has 0 bridgehead atoms. The van der Waals surface area contributed by atoms with E-state index in [-0.39, 0.29) is 0 Å². The summed E-state index contributed by atoms with van der Waals surface area (Å²) in [5.74, 6) is 0. The highest BCUT2D eigenvalue weighted by atomic mass is 35.5. The van der Waals surface area contributed by atoms with Gasteiger partial charge in [-0.15, -0.1) is 0 Å². The molecule has 62 valence electrons. The smallest absolute Gasteiger partial charge is 0.106 e. The fourth-order valence-corrected chi connectivity index (χ4v) is 1.42. The first-order valence-electron chi connectivity index (χ1n) is 3.92. The van der Waals surface area contributed by atoms with E-state index in [4.69, 9.17) is 11.6 Å². The molecule has 0 saturated heterocycles. The average Bonchev–Trinajstić information content (AvgIpc) is 2.47. The van der Waals surface area contributed by atoms with Gasteiger partial charge >= 0.3 is 0 Å². The lowest BCUT2D eigenvalue weighted by atomic mass is 10.2. The average molecular weight is 181 g/mol. The van der Waals surface area contributed by atoms with E-state index in [1.165, 1.54) is 5.56 Å². The Morgan fingerprint density at radius 3 is 3.17 bits per heavy atom. The van der Waals surface area contributed by atoms with Crippen LogP contribution in [-0.4, -0.2) is 9.97 Å². The van der Waals surface area contributed by atoms with Crippen molar-refractivity contribution < 1.29 is 0 Å². The molecule has 3 heteroatoms. The summed E-state index contributed by atoms with van der Waals surface area (Å²) < 4.78 is 0. The largest absolute Gasteiger partial charge is 0.358 e. The number of hydrogen-bond acceptors (Lipinski definition) is 1. The maximum absolute atomic E-state index is 5.87. The van der Waals surface area contributed by atoms with E-state index < -0.39 is 0 Å². The molecule has 2 aromatic rings.